The number of hydrogen-bond donors (Lipinski definition) is 1. The average molecular weight is 444 g/mol. The largest absolute Gasteiger partial charge is 0.497 e. The van der Waals surface area contributed by atoms with Gasteiger partial charge in [0.05, 0.1) is 18.1 Å². The summed E-state index contributed by atoms with van der Waals surface area (Å²) >= 11 is 0. The number of amides is 1. The van der Waals surface area contributed by atoms with E-state index in [4.69, 9.17) is 4.74 Å². The number of fused-ring (bicyclic) bond motifs is 3. The second-order valence-electron chi connectivity index (χ2n) is 7.48. The highest BCUT2D eigenvalue weighted by Gasteiger charge is 2.18. The number of nitrogens with zero attached hydrogens (tertiary/aromatic N) is 3. The summed E-state index contributed by atoms with van der Waals surface area (Å²) in [4.78, 5) is 17.3. The summed E-state index contributed by atoms with van der Waals surface area (Å²) in [5.74, 6) is -0.498. The number of halogens is 2. The number of pyridine rings is 1. The standard InChI is InChI=1S/C25H18F2N4O2/c1-33-19-4-2-3-18(12-19)29-23(32)14-31-25-20-11-17(27)9-10-22(20)28-13-21(25)24(30-31)15-5-7-16(26)8-6-15/h2-13H,14H2,1H3,(H,29,32). The maximum atomic E-state index is 14.1. The number of methoxy groups -OCH3 is 1. The number of rotatable bonds is 5. The number of benzene rings is 3. The van der Waals surface area contributed by atoms with E-state index in [1.807, 2.05) is 0 Å². The number of anilines is 1. The minimum absolute atomic E-state index is 0.121. The Labute approximate surface area is 187 Å². The molecular formula is C25H18F2N4O2. The highest BCUT2D eigenvalue weighted by atomic mass is 19.1. The molecule has 8 heteroatoms. The Morgan fingerprint density at radius 2 is 1.79 bits per heavy atom. The van der Waals surface area contributed by atoms with Gasteiger partial charge in [0.25, 0.3) is 0 Å². The molecule has 0 aliphatic heterocycles. The maximum Gasteiger partial charge on any atom is 0.246 e. The first-order valence-corrected chi connectivity index (χ1v) is 10.2. The molecule has 1 N–H and O–H groups in total. The fraction of sp³-hybridized carbons (Fsp3) is 0.0800. The zero-order valence-electron chi connectivity index (χ0n) is 17.5. The van der Waals surface area contributed by atoms with Crippen LogP contribution < -0.4 is 10.1 Å². The van der Waals surface area contributed by atoms with Crippen molar-refractivity contribution in [2.45, 2.75) is 6.54 Å². The molecule has 2 aromatic heterocycles. The Morgan fingerprint density at radius 1 is 1.00 bits per heavy atom. The van der Waals surface area contributed by atoms with E-state index in [0.717, 1.165) is 0 Å². The molecule has 5 aromatic rings. The van der Waals surface area contributed by atoms with Gasteiger partial charge in [-0.25, -0.2) is 8.78 Å². The maximum absolute atomic E-state index is 14.1. The summed E-state index contributed by atoms with van der Waals surface area (Å²) in [6, 6.07) is 17.2. The smallest absolute Gasteiger partial charge is 0.246 e. The van der Waals surface area contributed by atoms with Crippen molar-refractivity contribution in [2.75, 3.05) is 12.4 Å². The molecule has 2 heterocycles. The van der Waals surface area contributed by atoms with Crippen LogP contribution in [-0.2, 0) is 11.3 Å². The number of aromatic nitrogens is 3. The molecule has 0 bridgehead atoms. The van der Waals surface area contributed by atoms with Crippen LogP contribution in [0.2, 0.25) is 0 Å². The van der Waals surface area contributed by atoms with Gasteiger partial charge in [0.15, 0.2) is 0 Å². The molecule has 1 amide bonds. The lowest BCUT2D eigenvalue weighted by molar-refractivity contribution is -0.116. The Hall–Kier alpha value is -4.33. The van der Waals surface area contributed by atoms with E-state index in [0.29, 0.717) is 44.5 Å². The van der Waals surface area contributed by atoms with E-state index >= 15 is 0 Å². The molecule has 0 fully saturated rings. The lowest BCUT2D eigenvalue weighted by Crippen LogP contribution is -2.19. The SMILES string of the molecule is COc1cccc(NC(=O)Cn2nc(-c3ccc(F)cc3)c3cnc4ccc(F)cc4c32)c1. The van der Waals surface area contributed by atoms with Gasteiger partial charge in [-0.1, -0.05) is 6.07 Å². The predicted octanol–water partition coefficient (Wildman–Crippen LogP) is 5.18. The third kappa shape index (κ3) is 3.98. The first kappa shape index (κ1) is 20.6. The van der Waals surface area contributed by atoms with Crippen LogP contribution >= 0.6 is 0 Å². The van der Waals surface area contributed by atoms with Gasteiger partial charge in [0, 0.05) is 34.3 Å². The van der Waals surface area contributed by atoms with Gasteiger partial charge in [-0.05, 0) is 54.6 Å². The third-order valence-corrected chi connectivity index (χ3v) is 5.30. The minimum atomic E-state index is -0.422. The van der Waals surface area contributed by atoms with Crippen molar-refractivity contribution in [1.82, 2.24) is 14.8 Å². The molecule has 0 aliphatic rings. The molecule has 0 saturated carbocycles. The third-order valence-electron chi connectivity index (χ3n) is 5.30. The minimum Gasteiger partial charge on any atom is -0.497 e. The van der Waals surface area contributed by atoms with Crippen LogP contribution in [0.5, 0.6) is 5.75 Å². The zero-order chi connectivity index (χ0) is 22.9. The molecule has 0 radical (unpaired) electrons. The topological polar surface area (TPSA) is 69.0 Å². The van der Waals surface area contributed by atoms with E-state index in [-0.39, 0.29) is 18.3 Å². The second kappa shape index (κ2) is 8.31. The summed E-state index contributed by atoms with van der Waals surface area (Å²) < 4.78 is 34.3. The molecule has 5 rings (SSSR count). The number of carbonyl (C=O) groups is 1. The van der Waals surface area contributed by atoms with Crippen LogP contribution in [0, 0.1) is 11.6 Å². The van der Waals surface area contributed by atoms with Gasteiger partial charge in [0.1, 0.15) is 29.6 Å². The van der Waals surface area contributed by atoms with E-state index in [9.17, 15) is 13.6 Å². The number of ether oxygens (including phenoxy) is 1. The first-order valence-electron chi connectivity index (χ1n) is 10.2. The predicted molar refractivity (Wildman–Crippen MR) is 122 cm³/mol. The van der Waals surface area contributed by atoms with Crippen molar-refractivity contribution in [3.05, 3.63) is 84.6 Å². The fourth-order valence-electron chi connectivity index (χ4n) is 3.80. The Morgan fingerprint density at radius 3 is 2.58 bits per heavy atom. The van der Waals surface area contributed by atoms with Gasteiger partial charge >= 0.3 is 0 Å². The van der Waals surface area contributed by atoms with Crippen LogP contribution in [-0.4, -0.2) is 27.8 Å². The average Bonchev–Trinajstić information content (AvgIpc) is 3.18. The van der Waals surface area contributed by atoms with E-state index in [1.54, 1.807) is 55.8 Å². The summed E-state index contributed by atoms with van der Waals surface area (Å²) in [6.45, 7) is -0.121. The Balaban J connectivity index is 1.61. The molecule has 33 heavy (non-hydrogen) atoms. The van der Waals surface area contributed by atoms with Crippen molar-refractivity contribution in [1.29, 1.82) is 0 Å². The van der Waals surface area contributed by atoms with Gasteiger partial charge in [0.2, 0.25) is 5.91 Å². The normalized spacial score (nSPS) is 11.1. The molecular weight excluding hydrogens is 426 g/mol. The number of carbonyl (C=O) groups excluding carboxylic acids is 1. The van der Waals surface area contributed by atoms with Crippen LogP contribution in [0.15, 0.2) is 72.9 Å². The molecule has 164 valence electrons. The Kier molecular flexibility index (Phi) is 5.18. The summed E-state index contributed by atoms with van der Waals surface area (Å²) in [5.41, 5.74) is 2.90. The molecule has 0 saturated heterocycles. The van der Waals surface area contributed by atoms with Crippen molar-refractivity contribution < 1.29 is 18.3 Å². The Bertz CT molecular complexity index is 1500. The molecule has 0 unspecified atom stereocenters. The lowest BCUT2D eigenvalue weighted by Gasteiger charge is -2.09. The van der Waals surface area contributed by atoms with Crippen molar-refractivity contribution in [2.24, 2.45) is 0 Å². The molecule has 0 aliphatic carbocycles. The van der Waals surface area contributed by atoms with Crippen LogP contribution in [0.4, 0.5) is 14.5 Å². The molecule has 6 nitrogen and oxygen atoms in total. The zero-order valence-corrected chi connectivity index (χ0v) is 17.5. The second-order valence-corrected chi connectivity index (χ2v) is 7.48. The number of nitrogens with one attached hydrogen (secondary N) is 1. The van der Waals surface area contributed by atoms with Crippen molar-refractivity contribution in [3.63, 3.8) is 0 Å². The van der Waals surface area contributed by atoms with Crippen LogP contribution in [0.1, 0.15) is 0 Å². The highest BCUT2D eigenvalue weighted by Crippen LogP contribution is 2.32. The summed E-state index contributed by atoms with van der Waals surface area (Å²) in [6.07, 6.45) is 1.64. The lowest BCUT2D eigenvalue weighted by atomic mass is 10.1. The van der Waals surface area contributed by atoms with E-state index in [1.165, 1.54) is 28.9 Å². The van der Waals surface area contributed by atoms with Crippen LogP contribution in [0.25, 0.3) is 33.1 Å². The molecule has 0 atom stereocenters. The van der Waals surface area contributed by atoms with Gasteiger partial charge in [-0.15, -0.1) is 0 Å². The van der Waals surface area contributed by atoms with Crippen LogP contribution in [0.3, 0.4) is 0 Å². The highest BCUT2D eigenvalue weighted by molar-refractivity contribution is 6.08. The van der Waals surface area contributed by atoms with E-state index in [2.05, 4.69) is 15.4 Å². The summed E-state index contributed by atoms with van der Waals surface area (Å²) in [5, 5.41) is 8.62. The van der Waals surface area contributed by atoms with Gasteiger partial charge < -0.3 is 10.1 Å². The molecule has 0 spiro atoms. The molecule has 3 aromatic carbocycles. The van der Waals surface area contributed by atoms with Crippen molar-refractivity contribution in [3.8, 4) is 17.0 Å². The monoisotopic (exact) mass is 444 g/mol. The fourth-order valence-corrected chi connectivity index (χ4v) is 3.80. The van der Waals surface area contributed by atoms with Gasteiger partial charge in [-0.2, -0.15) is 5.10 Å². The van der Waals surface area contributed by atoms with E-state index < -0.39 is 5.82 Å². The summed E-state index contributed by atoms with van der Waals surface area (Å²) in [7, 11) is 1.55. The van der Waals surface area contributed by atoms with Gasteiger partial charge in [-0.3, -0.25) is 14.5 Å². The first-order chi connectivity index (χ1) is 16.0. The van der Waals surface area contributed by atoms with Crippen molar-refractivity contribution >= 4 is 33.4 Å². The quantitative estimate of drug-likeness (QED) is 0.406. The number of hydrogen-bond acceptors (Lipinski definition) is 4.